The van der Waals surface area contributed by atoms with Crippen molar-refractivity contribution in [1.29, 1.82) is 0 Å². The van der Waals surface area contributed by atoms with Crippen LogP contribution in [0.4, 0.5) is 5.95 Å². The van der Waals surface area contributed by atoms with E-state index in [0.29, 0.717) is 6.04 Å². The lowest BCUT2D eigenvalue weighted by atomic mass is 10.1. The number of nitrogen functional groups attached to an aromatic ring is 1. The van der Waals surface area contributed by atoms with E-state index in [1.54, 1.807) is 7.11 Å². The SMILES string of the molecule is CNC(C)Cc1nc(N)nc2c(OC)cccc12. The van der Waals surface area contributed by atoms with Gasteiger partial charge in [0.2, 0.25) is 5.95 Å². The van der Waals surface area contributed by atoms with Crippen molar-refractivity contribution in [2.45, 2.75) is 19.4 Å². The second-order valence-corrected chi connectivity index (χ2v) is 4.28. The number of hydrogen-bond donors (Lipinski definition) is 2. The van der Waals surface area contributed by atoms with Gasteiger partial charge in [0.25, 0.3) is 0 Å². The first-order chi connectivity index (χ1) is 8.65. The first-order valence-corrected chi connectivity index (χ1v) is 5.92. The number of para-hydroxylation sites is 1. The van der Waals surface area contributed by atoms with E-state index in [9.17, 15) is 0 Å². The zero-order valence-corrected chi connectivity index (χ0v) is 10.9. The van der Waals surface area contributed by atoms with Crippen molar-refractivity contribution in [3.63, 3.8) is 0 Å². The molecule has 0 fully saturated rings. The largest absolute Gasteiger partial charge is 0.494 e. The van der Waals surface area contributed by atoms with E-state index >= 15 is 0 Å². The lowest BCUT2D eigenvalue weighted by Crippen LogP contribution is -2.24. The molecule has 0 aliphatic heterocycles. The van der Waals surface area contributed by atoms with E-state index in [1.165, 1.54) is 0 Å². The number of methoxy groups -OCH3 is 1. The number of aromatic nitrogens is 2. The van der Waals surface area contributed by atoms with Gasteiger partial charge in [-0.3, -0.25) is 0 Å². The number of nitrogens with two attached hydrogens (primary N) is 1. The molecule has 3 N–H and O–H groups in total. The van der Waals surface area contributed by atoms with Crippen molar-refractivity contribution < 1.29 is 4.74 Å². The zero-order valence-electron chi connectivity index (χ0n) is 10.9. The van der Waals surface area contributed by atoms with Gasteiger partial charge in [-0.25, -0.2) is 9.97 Å². The van der Waals surface area contributed by atoms with E-state index < -0.39 is 0 Å². The van der Waals surface area contributed by atoms with Crippen LogP contribution in [-0.2, 0) is 6.42 Å². The van der Waals surface area contributed by atoms with E-state index in [4.69, 9.17) is 10.5 Å². The van der Waals surface area contributed by atoms with Crippen molar-refractivity contribution in [3.8, 4) is 5.75 Å². The highest BCUT2D eigenvalue weighted by atomic mass is 16.5. The molecule has 0 amide bonds. The van der Waals surface area contributed by atoms with E-state index in [-0.39, 0.29) is 5.95 Å². The van der Waals surface area contributed by atoms with Crippen LogP contribution in [0.25, 0.3) is 10.9 Å². The number of rotatable bonds is 4. The van der Waals surface area contributed by atoms with E-state index in [2.05, 4.69) is 22.2 Å². The van der Waals surface area contributed by atoms with Crippen LogP contribution in [0.3, 0.4) is 0 Å². The number of hydrogen-bond acceptors (Lipinski definition) is 5. The molecule has 1 atom stereocenters. The number of nitrogens with one attached hydrogen (secondary N) is 1. The van der Waals surface area contributed by atoms with Gasteiger partial charge >= 0.3 is 0 Å². The molecule has 1 heterocycles. The molecule has 2 aromatic rings. The summed E-state index contributed by atoms with van der Waals surface area (Å²) in [6, 6.07) is 6.14. The summed E-state index contributed by atoms with van der Waals surface area (Å²) in [5.74, 6) is 1.00. The lowest BCUT2D eigenvalue weighted by molar-refractivity contribution is 0.419. The van der Waals surface area contributed by atoms with Crippen molar-refractivity contribution in [2.24, 2.45) is 0 Å². The summed E-state index contributed by atoms with van der Waals surface area (Å²) in [6.45, 7) is 2.10. The van der Waals surface area contributed by atoms with E-state index in [0.717, 1.165) is 28.8 Å². The van der Waals surface area contributed by atoms with Crippen LogP contribution in [0.1, 0.15) is 12.6 Å². The summed E-state index contributed by atoms with van der Waals surface area (Å²) in [5, 5.41) is 4.19. The normalized spacial score (nSPS) is 12.6. The fourth-order valence-corrected chi connectivity index (χ4v) is 1.92. The van der Waals surface area contributed by atoms with Crippen LogP contribution < -0.4 is 15.8 Å². The van der Waals surface area contributed by atoms with Crippen molar-refractivity contribution in [1.82, 2.24) is 15.3 Å². The molecule has 0 bridgehead atoms. The molecule has 5 heteroatoms. The monoisotopic (exact) mass is 246 g/mol. The molecular weight excluding hydrogens is 228 g/mol. The fraction of sp³-hybridized carbons (Fsp3) is 0.385. The standard InChI is InChI=1S/C13H18N4O/c1-8(15-2)7-10-9-5-4-6-11(18-3)12(9)17-13(14)16-10/h4-6,8,15H,7H2,1-3H3,(H2,14,16,17). The molecule has 0 aliphatic carbocycles. The molecule has 2 rings (SSSR count). The van der Waals surface area contributed by atoms with Gasteiger partial charge in [-0.1, -0.05) is 12.1 Å². The maximum Gasteiger partial charge on any atom is 0.220 e. The summed E-state index contributed by atoms with van der Waals surface area (Å²) in [6.07, 6.45) is 0.798. The maximum absolute atomic E-state index is 5.77. The Balaban J connectivity index is 2.59. The second kappa shape index (κ2) is 5.18. The van der Waals surface area contributed by atoms with Gasteiger partial charge in [0.05, 0.1) is 12.8 Å². The minimum Gasteiger partial charge on any atom is -0.494 e. The molecule has 1 unspecified atom stereocenters. The van der Waals surface area contributed by atoms with Gasteiger partial charge in [0, 0.05) is 17.8 Å². The number of ether oxygens (including phenoxy) is 1. The molecular formula is C13H18N4O. The number of likely N-dealkylation sites (N-methyl/N-ethyl adjacent to an activating group) is 1. The first kappa shape index (κ1) is 12.6. The maximum atomic E-state index is 5.77. The number of anilines is 1. The van der Waals surface area contributed by atoms with Crippen LogP contribution in [0, 0.1) is 0 Å². The average molecular weight is 246 g/mol. The van der Waals surface area contributed by atoms with Crippen LogP contribution in [0.5, 0.6) is 5.75 Å². The molecule has 0 aliphatic rings. The Morgan fingerprint density at radius 1 is 1.39 bits per heavy atom. The summed E-state index contributed by atoms with van der Waals surface area (Å²) < 4.78 is 5.31. The molecule has 0 radical (unpaired) electrons. The molecule has 0 saturated carbocycles. The Bertz CT molecular complexity index is 556. The van der Waals surface area contributed by atoms with Crippen LogP contribution in [0.2, 0.25) is 0 Å². The van der Waals surface area contributed by atoms with Crippen LogP contribution in [-0.4, -0.2) is 30.2 Å². The topological polar surface area (TPSA) is 73.1 Å². The Labute approximate surface area is 106 Å². The summed E-state index contributed by atoms with van der Waals surface area (Å²) in [5.41, 5.74) is 7.48. The Morgan fingerprint density at radius 2 is 2.17 bits per heavy atom. The summed E-state index contributed by atoms with van der Waals surface area (Å²) in [7, 11) is 3.56. The van der Waals surface area contributed by atoms with Gasteiger partial charge in [-0.05, 0) is 20.0 Å². The third-order valence-electron chi connectivity index (χ3n) is 3.00. The second-order valence-electron chi connectivity index (χ2n) is 4.28. The predicted molar refractivity (Wildman–Crippen MR) is 72.7 cm³/mol. The lowest BCUT2D eigenvalue weighted by Gasteiger charge is -2.13. The Hall–Kier alpha value is -1.88. The van der Waals surface area contributed by atoms with Crippen LogP contribution >= 0.6 is 0 Å². The molecule has 18 heavy (non-hydrogen) atoms. The van der Waals surface area contributed by atoms with Gasteiger partial charge in [0.1, 0.15) is 11.3 Å². The van der Waals surface area contributed by atoms with Crippen LogP contribution in [0.15, 0.2) is 18.2 Å². The predicted octanol–water partition coefficient (Wildman–Crippen LogP) is 1.37. The Kier molecular flexibility index (Phi) is 3.62. The summed E-state index contributed by atoms with van der Waals surface area (Å²) >= 11 is 0. The van der Waals surface area contributed by atoms with Crippen molar-refractivity contribution in [2.75, 3.05) is 19.9 Å². The van der Waals surface area contributed by atoms with Gasteiger partial charge < -0.3 is 15.8 Å². The third-order valence-corrected chi connectivity index (χ3v) is 3.00. The highest BCUT2D eigenvalue weighted by molar-refractivity contribution is 5.87. The molecule has 1 aromatic heterocycles. The average Bonchev–Trinajstić information content (AvgIpc) is 2.37. The molecule has 5 nitrogen and oxygen atoms in total. The minimum absolute atomic E-state index is 0.283. The molecule has 0 spiro atoms. The molecule has 96 valence electrons. The summed E-state index contributed by atoms with van der Waals surface area (Å²) in [4.78, 5) is 8.60. The highest BCUT2D eigenvalue weighted by Gasteiger charge is 2.12. The fourth-order valence-electron chi connectivity index (χ4n) is 1.92. The van der Waals surface area contributed by atoms with E-state index in [1.807, 2.05) is 25.2 Å². The highest BCUT2D eigenvalue weighted by Crippen LogP contribution is 2.26. The van der Waals surface area contributed by atoms with Gasteiger partial charge in [-0.2, -0.15) is 0 Å². The number of benzene rings is 1. The smallest absolute Gasteiger partial charge is 0.220 e. The minimum atomic E-state index is 0.283. The van der Waals surface area contributed by atoms with Crippen molar-refractivity contribution >= 4 is 16.9 Å². The first-order valence-electron chi connectivity index (χ1n) is 5.92. The number of nitrogens with zero attached hydrogens (tertiary/aromatic N) is 2. The van der Waals surface area contributed by atoms with Gasteiger partial charge in [-0.15, -0.1) is 0 Å². The molecule has 1 aromatic carbocycles. The Morgan fingerprint density at radius 3 is 2.83 bits per heavy atom. The molecule has 0 saturated heterocycles. The van der Waals surface area contributed by atoms with Crippen molar-refractivity contribution in [3.05, 3.63) is 23.9 Å². The third kappa shape index (κ3) is 2.36. The van der Waals surface area contributed by atoms with Gasteiger partial charge in [0.15, 0.2) is 0 Å². The number of fused-ring (bicyclic) bond motifs is 1. The quantitative estimate of drug-likeness (QED) is 0.852. The zero-order chi connectivity index (χ0) is 13.1.